The SMILES string of the molecule is CCOC(=O)[C@](C)(F)[C@H](OS(=O)(=O)[O-])[C@H]1COC(C)(C)O1.CC[N+](CC)(CC)CC. The van der Waals surface area contributed by atoms with E-state index >= 15 is 0 Å². The number of hydrogen-bond acceptors (Lipinski definition) is 8. The van der Waals surface area contributed by atoms with Gasteiger partial charge in [-0.3, -0.25) is 4.18 Å². The monoisotopic (exact) mass is 459 g/mol. The fourth-order valence-electron chi connectivity index (χ4n) is 3.22. The van der Waals surface area contributed by atoms with Crippen molar-refractivity contribution >= 4 is 16.4 Å². The molecule has 0 unspecified atom stereocenters. The first-order valence-electron chi connectivity index (χ1n) is 10.3. The summed E-state index contributed by atoms with van der Waals surface area (Å²) in [6.45, 7) is 19.1. The Hall–Kier alpha value is -0.850. The molecule has 0 aromatic rings. The molecule has 0 spiro atoms. The number of ether oxygens (including phenoxy) is 3. The summed E-state index contributed by atoms with van der Waals surface area (Å²) in [7, 11) is -5.26. The molecule has 3 atom stereocenters. The molecule has 1 aliphatic rings. The fourth-order valence-corrected chi connectivity index (χ4v) is 3.78. The molecule has 0 amide bonds. The lowest BCUT2D eigenvalue weighted by Gasteiger charge is -2.34. The van der Waals surface area contributed by atoms with Crippen molar-refractivity contribution < 1.29 is 45.0 Å². The minimum Gasteiger partial charge on any atom is -0.726 e. The zero-order valence-electron chi connectivity index (χ0n) is 19.4. The number of quaternary nitrogens is 1. The molecular formula is C19H38FNO8S. The van der Waals surface area contributed by atoms with E-state index in [0.29, 0.717) is 0 Å². The van der Waals surface area contributed by atoms with Gasteiger partial charge in [-0.2, -0.15) is 0 Å². The normalized spacial score (nSPS) is 21.9. The predicted molar refractivity (Wildman–Crippen MR) is 108 cm³/mol. The highest BCUT2D eigenvalue weighted by atomic mass is 32.3. The van der Waals surface area contributed by atoms with Crippen LogP contribution in [-0.2, 0) is 33.6 Å². The molecule has 9 nitrogen and oxygen atoms in total. The number of nitrogens with zero attached hydrogens (tertiary/aromatic N) is 1. The number of alkyl halides is 1. The van der Waals surface area contributed by atoms with E-state index < -0.39 is 40.0 Å². The van der Waals surface area contributed by atoms with Gasteiger partial charge in [0.15, 0.2) is 5.79 Å². The molecule has 0 aliphatic carbocycles. The van der Waals surface area contributed by atoms with E-state index in [4.69, 9.17) is 9.47 Å². The highest BCUT2D eigenvalue weighted by molar-refractivity contribution is 7.80. The summed E-state index contributed by atoms with van der Waals surface area (Å²) in [6, 6.07) is 0. The Balaban J connectivity index is 0.000000787. The number of carbonyl (C=O) groups excluding carboxylic acids is 1. The van der Waals surface area contributed by atoms with Crippen LogP contribution < -0.4 is 0 Å². The predicted octanol–water partition coefficient (Wildman–Crippen LogP) is 2.16. The topological polar surface area (TPSA) is 111 Å². The highest BCUT2D eigenvalue weighted by Gasteiger charge is 2.53. The van der Waals surface area contributed by atoms with Gasteiger partial charge in [0.25, 0.3) is 0 Å². The van der Waals surface area contributed by atoms with Crippen molar-refractivity contribution in [3.63, 3.8) is 0 Å². The van der Waals surface area contributed by atoms with Gasteiger partial charge >= 0.3 is 5.97 Å². The van der Waals surface area contributed by atoms with Crippen molar-refractivity contribution in [1.29, 1.82) is 0 Å². The van der Waals surface area contributed by atoms with Gasteiger partial charge in [0.05, 0.1) is 39.4 Å². The second-order valence-electron chi connectivity index (χ2n) is 7.69. The zero-order valence-corrected chi connectivity index (χ0v) is 20.2. The van der Waals surface area contributed by atoms with Crippen LogP contribution in [0, 0.1) is 0 Å². The number of esters is 1. The van der Waals surface area contributed by atoms with E-state index in [2.05, 4.69) is 36.6 Å². The van der Waals surface area contributed by atoms with Gasteiger partial charge < -0.3 is 23.2 Å². The molecule has 1 saturated heterocycles. The minimum atomic E-state index is -5.26. The van der Waals surface area contributed by atoms with Crippen LogP contribution in [0.1, 0.15) is 55.4 Å². The number of halogens is 1. The molecule has 0 aromatic heterocycles. The largest absolute Gasteiger partial charge is 0.726 e. The summed E-state index contributed by atoms with van der Waals surface area (Å²) in [4.78, 5) is 11.6. The average Bonchev–Trinajstić information content (AvgIpc) is 3.01. The summed E-state index contributed by atoms with van der Waals surface area (Å²) in [5.74, 6) is -2.48. The van der Waals surface area contributed by atoms with Gasteiger partial charge in [0, 0.05) is 0 Å². The van der Waals surface area contributed by atoms with E-state index in [0.717, 1.165) is 6.92 Å². The summed E-state index contributed by atoms with van der Waals surface area (Å²) in [5, 5.41) is 0. The molecule has 0 N–H and O–H groups in total. The van der Waals surface area contributed by atoms with Crippen LogP contribution in [-0.4, -0.2) is 86.5 Å². The Morgan fingerprint density at radius 1 is 1.20 bits per heavy atom. The maximum atomic E-state index is 14.6. The van der Waals surface area contributed by atoms with E-state index in [1.165, 1.54) is 51.4 Å². The van der Waals surface area contributed by atoms with Crippen LogP contribution >= 0.6 is 0 Å². The Kier molecular flexibility index (Phi) is 11.3. The van der Waals surface area contributed by atoms with Crippen LogP contribution in [0.5, 0.6) is 0 Å². The second kappa shape index (κ2) is 11.7. The van der Waals surface area contributed by atoms with Crippen LogP contribution in [0.4, 0.5) is 4.39 Å². The van der Waals surface area contributed by atoms with Gasteiger partial charge in [-0.15, -0.1) is 0 Å². The number of carbonyl (C=O) groups is 1. The summed E-state index contributed by atoms with van der Waals surface area (Å²) in [6.07, 6.45) is -3.27. The Labute approximate surface area is 180 Å². The first-order chi connectivity index (χ1) is 13.6. The van der Waals surface area contributed by atoms with E-state index in [-0.39, 0.29) is 13.2 Å². The van der Waals surface area contributed by atoms with Crippen molar-refractivity contribution in [2.75, 3.05) is 39.4 Å². The van der Waals surface area contributed by atoms with Crippen molar-refractivity contribution in [2.24, 2.45) is 0 Å². The van der Waals surface area contributed by atoms with E-state index in [1.54, 1.807) is 0 Å². The lowest BCUT2D eigenvalue weighted by molar-refractivity contribution is -0.921. The van der Waals surface area contributed by atoms with Crippen molar-refractivity contribution in [2.45, 2.75) is 79.1 Å². The molecule has 11 heteroatoms. The van der Waals surface area contributed by atoms with Gasteiger partial charge in [-0.05, 0) is 55.4 Å². The summed E-state index contributed by atoms with van der Waals surface area (Å²) >= 11 is 0. The van der Waals surface area contributed by atoms with Gasteiger partial charge in [0.2, 0.25) is 16.1 Å². The van der Waals surface area contributed by atoms with Crippen LogP contribution in [0.15, 0.2) is 0 Å². The van der Waals surface area contributed by atoms with Gasteiger partial charge in [-0.1, -0.05) is 0 Å². The summed E-state index contributed by atoms with van der Waals surface area (Å²) < 4.78 is 67.4. The van der Waals surface area contributed by atoms with Crippen LogP contribution in [0.3, 0.4) is 0 Å². The third kappa shape index (κ3) is 8.72. The Bertz CT molecular complexity index is 617. The molecule has 1 rings (SSSR count). The quantitative estimate of drug-likeness (QED) is 0.211. The lowest BCUT2D eigenvalue weighted by Crippen LogP contribution is -2.53. The van der Waals surface area contributed by atoms with Crippen molar-refractivity contribution in [3.8, 4) is 0 Å². The highest BCUT2D eigenvalue weighted by Crippen LogP contribution is 2.33. The Morgan fingerprint density at radius 2 is 1.67 bits per heavy atom. The molecule has 0 saturated carbocycles. The molecule has 1 fully saturated rings. The molecule has 180 valence electrons. The molecule has 0 bridgehead atoms. The van der Waals surface area contributed by atoms with E-state index in [1.807, 2.05) is 0 Å². The number of hydrogen-bond donors (Lipinski definition) is 0. The minimum absolute atomic E-state index is 0.122. The summed E-state index contributed by atoms with van der Waals surface area (Å²) in [5.41, 5.74) is -2.90. The molecule has 0 radical (unpaired) electrons. The maximum absolute atomic E-state index is 14.6. The molecule has 30 heavy (non-hydrogen) atoms. The zero-order chi connectivity index (χ0) is 23.8. The third-order valence-electron chi connectivity index (χ3n) is 5.48. The van der Waals surface area contributed by atoms with Gasteiger partial charge in [-0.25, -0.2) is 17.6 Å². The average molecular weight is 460 g/mol. The molecule has 1 heterocycles. The maximum Gasteiger partial charge on any atom is 0.346 e. The fraction of sp³-hybridized carbons (Fsp3) is 0.947. The smallest absolute Gasteiger partial charge is 0.346 e. The van der Waals surface area contributed by atoms with Crippen molar-refractivity contribution in [3.05, 3.63) is 0 Å². The van der Waals surface area contributed by atoms with Crippen LogP contribution in [0.25, 0.3) is 0 Å². The first kappa shape index (κ1) is 29.1. The molecule has 0 aromatic carbocycles. The second-order valence-corrected chi connectivity index (χ2v) is 8.70. The molecular weight excluding hydrogens is 421 g/mol. The molecule has 1 aliphatic heterocycles. The Morgan fingerprint density at radius 3 is 1.93 bits per heavy atom. The van der Waals surface area contributed by atoms with E-state index in [9.17, 15) is 22.2 Å². The lowest BCUT2D eigenvalue weighted by atomic mass is 9.97. The standard InChI is InChI=1S/C11H19FO8S.C8H20N/c1-5-17-9(13)11(4,12)8(20-21(14,15)16)7-6-18-10(2,3)19-7;1-5-9(6-2,7-3)8-4/h7-8H,5-6H2,1-4H3,(H,14,15,16);5-8H2,1-4H3/q;+1/p-1/t7-,8-,11-;/m1./s1. The van der Waals surface area contributed by atoms with Crippen molar-refractivity contribution in [1.82, 2.24) is 0 Å². The third-order valence-corrected chi connectivity index (χ3v) is 5.92. The van der Waals surface area contributed by atoms with Gasteiger partial charge in [0.1, 0.15) is 12.2 Å². The first-order valence-corrected chi connectivity index (χ1v) is 11.6. The number of rotatable bonds is 10. The van der Waals surface area contributed by atoms with Crippen LogP contribution in [0.2, 0.25) is 0 Å².